The Hall–Kier alpha value is -2.10. The molecule has 0 atom stereocenters. The molecule has 1 aromatic carbocycles. The van der Waals surface area contributed by atoms with Crippen molar-refractivity contribution in [2.75, 3.05) is 26.8 Å². The van der Waals surface area contributed by atoms with E-state index in [2.05, 4.69) is 4.72 Å². The van der Waals surface area contributed by atoms with Gasteiger partial charge in [-0.2, -0.15) is 0 Å². The summed E-state index contributed by atoms with van der Waals surface area (Å²) in [6.45, 7) is 1.60. The zero-order valence-corrected chi connectivity index (χ0v) is 18.0. The first-order valence-corrected chi connectivity index (χ1v) is 11.9. The molecule has 0 bridgehead atoms. The largest absolute Gasteiger partial charge is 0.497 e. The molecule has 7 nitrogen and oxygen atoms in total. The van der Waals surface area contributed by atoms with E-state index in [9.17, 15) is 13.2 Å². The lowest BCUT2D eigenvalue weighted by Crippen LogP contribution is -2.46. The van der Waals surface area contributed by atoms with Gasteiger partial charge in [0, 0.05) is 25.6 Å². The van der Waals surface area contributed by atoms with Crippen LogP contribution >= 0.6 is 11.3 Å². The number of thiophene rings is 1. The molecular formula is C20H26N2O5S2. The van der Waals surface area contributed by atoms with Crippen LogP contribution in [0.1, 0.15) is 25.7 Å². The molecule has 1 fully saturated rings. The van der Waals surface area contributed by atoms with Crippen LogP contribution in [0.3, 0.4) is 0 Å². The van der Waals surface area contributed by atoms with E-state index in [4.69, 9.17) is 9.47 Å². The smallest absolute Gasteiger partial charge is 0.250 e. The second-order valence-corrected chi connectivity index (χ2v) is 9.72. The molecule has 1 amide bonds. The number of carbonyl (C=O) groups excluding carboxylic acids is 1. The van der Waals surface area contributed by atoms with Crippen LogP contribution in [0.4, 0.5) is 0 Å². The van der Waals surface area contributed by atoms with Crippen molar-refractivity contribution in [2.45, 2.75) is 35.9 Å². The summed E-state index contributed by atoms with van der Waals surface area (Å²) in [5.74, 6) is 1.61. The van der Waals surface area contributed by atoms with Crippen molar-refractivity contribution in [3.05, 3.63) is 41.8 Å². The number of hydrogen-bond acceptors (Lipinski definition) is 6. The highest BCUT2D eigenvalue weighted by atomic mass is 32.2. The van der Waals surface area contributed by atoms with Gasteiger partial charge in [-0.3, -0.25) is 4.79 Å². The summed E-state index contributed by atoms with van der Waals surface area (Å²) in [4.78, 5) is 14.2. The maximum absolute atomic E-state index is 12.4. The maximum Gasteiger partial charge on any atom is 0.250 e. The normalized spacial score (nSPS) is 15.3. The second-order valence-electron chi connectivity index (χ2n) is 6.84. The van der Waals surface area contributed by atoms with Crippen molar-refractivity contribution in [1.82, 2.24) is 9.62 Å². The van der Waals surface area contributed by atoms with Gasteiger partial charge in [0.1, 0.15) is 15.7 Å². The molecule has 0 spiro atoms. The van der Waals surface area contributed by atoms with E-state index in [0.717, 1.165) is 11.5 Å². The zero-order valence-electron chi connectivity index (χ0n) is 16.4. The number of piperidine rings is 1. The highest BCUT2D eigenvalue weighted by Crippen LogP contribution is 2.20. The quantitative estimate of drug-likeness (QED) is 0.609. The number of amides is 1. The van der Waals surface area contributed by atoms with Gasteiger partial charge in [-0.15, -0.1) is 11.3 Å². The Balaban J connectivity index is 1.35. The average molecular weight is 439 g/mol. The van der Waals surface area contributed by atoms with E-state index in [1.165, 1.54) is 11.3 Å². The van der Waals surface area contributed by atoms with Crippen molar-refractivity contribution in [2.24, 2.45) is 0 Å². The van der Waals surface area contributed by atoms with E-state index >= 15 is 0 Å². The molecule has 158 valence electrons. The number of ether oxygens (including phenoxy) is 2. The van der Waals surface area contributed by atoms with Crippen LogP contribution in [0, 0.1) is 0 Å². The molecule has 3 rings (SSSR count). The Labute approximate surface area is 175 Å². The van der Waals surface area contributed by atoms with Gasteiger partial charge in [0.15, 0.2) is 0 Å². The van der Waals surface area contributed by atoms with Gasteiger partial charge in [-0.05, 0) is 55.0 Å². The van der Waals surface area contributed by atoms with Crippen molar-refractivity contribution >= 4 is 27.3 Å². The number of likely N-dealkylation sites (tertiary alicyclic amines) is 1. The van der Waals surface area contributed by atoms with Gasteiger partial charge in [0.05, 0.1) is 13.7 Å². The first-order chi connectivity index (χ1) is 14.0. The molecule has 1 aliphatic heterocycles. The number of hydrogen-bond donors (Lipinski definition) is 1. The van der Waals surface area contributed by atoms with E-state index in [-0.39, 0.29) is 11.9 Å². The molecule has 9 heteroatoms. The topological polar surface area (TPSA) is 84.9 Å². The minimum absolute atomic E-state index is 0.0860. The maximum atomic E-state index is 12.4. The van der Waals surface area contributed by atoms with Crippen molar-refractivity contribution in [3.63, 3.8) is 0 Å². The third kappa shape index (κ3) is 6.19. The summed E-state index contributed by atoms with van der Waals surface area (Å²) in [5, 5.41) is 1.74. The van der Waals surface area contributed by atoms with E-state index in [1.807, 2.05) is 29.2 Å². The molecule has 0 aliphatic carbocycles. The lowest BCUT2D eigenvalue weighted by molar-refractivity contribution is -0.132. The highest BCUT2D eigenvalue weighted by Gasteiger charge is 2.26. The molecular weight excluding hydrogens is 412 g/mol. The summed E-state index contributed by atoms with van der Waals surface area (Å²) in [6.07, 6.45) is 2.30. The molecule has 0 saturated carbocycles. The molecule has 29 heavy (non-hydrogen) atoms. The molecule has 1 saturated heterocycles. The number of nitrogens with zero attached hydrogens (tertiary/aromatic N) is 1. The first kappa shape index (κ1) is 21.6. The molecule has 1 aliphatic rings. The summed E-state index contributed by atoms with van der Waals surface area (Å²) in [5.41, 5.74) is 0. The van der Waals surface area contributed by atoms with Crippen molar-refractivity contribution < 1.29 is 22.7 Å². The van der Waals surface area contributed by atoms with Gasteiger partial charge < -0.3 is 14.4 Å². The van der Waals surface area contributed by atoms with Gasteiger partial charge in [-0.25, -0.2) is 13.1 Å². The lowest BCUT2D eigenvalue weighted by Gasteiger charge is -2.32. The monoisotopic (exact) mass is 438 g/mol. The van der Waals surface area contributed by atoms with Crippen LogP contribution < -0.4 is 14.2 Å². The Morgan fingerprint density at radius 3 is 2.48 bits per heavy atom. The number of carbonyl (C=O) groups is 1. The number of methoxy groups -OCH3 is 1. The van der Waals surface area contributed by atoms with E-state index < -0.39 is 10.0 Å². The van der Waals surface area contributed by atoms with Gasteiger partial charge in [0.2, 0.25) is 15.9 Å². The van der Waals surface area contributed by atoms with Gasteiger partial charge in [0.25, 0.3) is 0 Å². The Kier molecular flexibility index (Phi) is 7.51. The molecule has 0 unspecified atom stereocenters. The standard InChI is InChI=1S/C20H26N2O5S2/c1-26-17-6-8-18(9-7-17)27-14-2-4-19(23)22-12-10-16(11-13-22)21-29(24,25)20-5-3-15-28-20/h3,5-9,15-16,21H,2,4,10-14H2,1H3. The molecule has 0 radical (unpaired) electrons. The fraction of sp³-hybridized carbons (Fsp3) is 0.450. The number of sulfonamides is 1. The Morgan fingerprint density at radius 1 is 1.17 bits per heavy atom. The van der Waals surface area contributed by atoms with Crippen LogP contribution in [0.25, 0.3) is 0 Å². The SMILES string of the molecule is COc1ccc(OCCCC(=O)N2CCC(NS(=O)(=O)c3cccs3)CC2)cc1. The molecule has 1 aromatic heterocycles. The summed E-state index contributed by atoms with van der Waals surface area (Å²) < 4.78 is 38.4. The predicted octanol–water partition coefficient (Wildman–Crippen LogP) is 2.89. The lowest BCUT2D eigenvalue weighted by atomic mass is 10.1. The fourth-order valence-electron chi connectivity index (χ4n) is 3.18. The zero-order chi connectivity index (χ0) is 20.7. The molecule has 2 heterocycles. The summed E-state index contributed by atoms with van der Waals surface area (Å²) in [6, 6.07) is 10.5. The minimum atomic E-state index is -3.46. The van der Waals surface area contributed by atoms with Crippen LogP contribution in [0.5, 0.6) is 11.5 Å². The minimum Gasteiger partial charge on any atom is -0.497 e. The highest BCUT2D eigenvalue weighted by molar-refractivity contribution is 7.91. The first-order valence-electron chi connectivity index (χ1n) is 9.58. The van der Waals surface area contributed by atoms with E-state index in [1.54, 1.807) is 24.6 Å². The molecule has 1 N–H and O–H groups in total. The van der Waals surface area contributed by atoms with Gasteiger partial charge >= 0.3 is 0 Å². The average Bonchev–Trinajstić information content (AvgIpc) is 3.28. The van der Waals surface area contributed by atoms with Crippen molar-refractivity contribution in [3.8, 4) is 11.5 Å². The number of benzene rings is 1. The third-order valence-electron chi connectivity index (χ3n) is 4.79. The Morgan fingerprint density at radius 2 is 1.86 bits per heavy atom. The van der Waals surface area contributed by atoms with Crippen LogP contribution in [-0.4, -0.2) is 52.1 Å². The number of rotatable bonds is 9. The fourth-order valence-corrected chi connectivity index (χ4v) is 5.50. The summed E-state index contributed by atoms with van der Waals surface area (Å²) >= 11 is 1.20. The van der Waals surface area contributed by atoms with Crippen LogP contribution in [0.2, 0.25) is 0 Å². The summed E-state index contributed by atoms with van der Waals surface area (Å²) in [7, 11) is -1.85. The van der Waals surface area contributed by atoms with Crippen molar-refractivity contribution in [1.29, 1.82) is 0 Å². The third-order valence-corrected chi connectivity index (χ3v) is 7.71. The molecule has 2 aromatic rings. The van der Waals surface area contributed by atoms with Gasteiger partial charge in [-0.1, -0.05) is 6.07 Å². The predicted molar refractivity (Wildman–Crippen MR) is 112 cm³/mol. The van der Waals surface area contributed by atoms with Crippen LogP contribution in [0.15, 0.2) is 46.0 Å². The van der Waals surface area contributed by atoms with Crippen LogP contribution in [-0.2, 0) is 14.8 Å². The number of nitrogens with one attached hydrogen (secondary N) is 1. The second kappa shape index (κ2) is 10.1. The Bertz CT molecular complexity index is 874. The van der Waals surface area contributed by atoms with E-state index in [0.29, 0.717) is 49.6 Å².